The van der Waals surface area contributed by atoms with Crippen molar-refractivity contribution in [2.24, 2.45) is 5.92 Å². The predicted molar refractivity (Wildman–Crippen MR) is 108 cm³/mol. The third-order valence-corrected chi connectivity index (χ3v) is 5.37. The van der Waals surface area contributed by atoms with Crippen LogP contribution in [-0.4, -0.2) is 38.6 Å². The number of halogens is 2. The van der Waals surface area contributed by atoms with Crippen molar-refractivity contribution in [2.75, 3.05) is 11.9 Å². The van der Waals surface area contributed by atoms with Gasteiger partial charge in [0.2, 0.25) is 0 Å². The third-order valence-electron chi connectivity index (χ3n) is 5.16. The SMILES string of the molecule is CCOC(=O)C1CCCCC1Nc1nc(-c2c[nH]c3ncc(Cl)cc23)ncc1F. The Balaban J connectivity index is 1.64. The molecule has 2 atom stereocenters. The summed E-state index contributed by atoms with van der Waals surface area (Å²) in [6.45, 7) is 2.10. The highest BCUT2D eigenvalue weighted by atomic mass is 35.5. The highest BCUT2D eigenvalue weighted by Crippen LogP contribution is 2.31. The molecule has 1 fully saturated rings. The van der Waals surface area contributed by atoms with Crippen LogP contribution < -0.4 is 5.32 Å². The number of carbonyl (C=O) groups excluding carboxylic acids is 1. The number of hydrogen-bond donors (Lipinski definition) is 2. The van der Waals surface area contributed by atoms with Gasteiger partial charge in [-0.2, -0.15) is 0 Å². The summed E-state index contributed by atoms with van der Waals surface area (Å²) in [5, 5.41) is 4.35. The van der Waals surface area contributed by atoms with Gasteiger partial charge in [0.1, 0.15) is 5.65 Å². The molecule has 1 saturated carbocycles. The molecule has 4 rings (SSSR count). The Morgan fingerprint density at radius 1 is 1.34 bits per heavy atom. The molecule has 2 N–H and O–H groups in total. The maximum Gasteiger partial charge on any atom is 0.311 e. The molecule has 0 bridgehead atoms. The third kappa shape index (κ3) is 4.03. The molecular weight excluding hydrogens is 397 g/mol. The normalized spacial score (nSPS) is 19.3. The Labute approximate surface area is 172 Å². The maximum atomic E-state index is 14.5. The van der Waals surface area contributed by atoms with Crippen LogP contribution in [0.4, 0.5) is 10.2 Å². The molecule has 3 aromatic heterocycles. The quantitative estimate of drug-likeness (QED) is 0.599. The summed E-state index contributed by atoms with van der Waals surface area (Å²) in [4.78, 5) is 28.1. The van der Waals surface area contributed by atoms with E-state index in [1.54, 1.807) is 25.4 Å². The number of fused-ring (bicyclic) bond motifs is 1. The average molecular weight is 418 g/mol. The molecule has 7 nitrogen and oxygen atoms in total. The Bertz CT molecular complexity index is 1040. The fourth-order valence-corrected chi connectivity index (χ4v) is 3.93. The number of anilines is 1. The van der Waals surface area contributed by atoms with Crippen LogP contribution >= 0.6 is 11.6 Å². The van der Waals surface area contributed by atoms with E-state index in [-0.39, 0.29) is 23.7 Å². The molecule has 0 radical (unpaired) electrons. The smallest absolute Gasteiger partial charge is 0.311 e. The molecule has 2 unspecified atom stereocenters. The first-order valence-electron chi connectivity index (χ1n) is 9.65. The van der Waals surface area contributed by atoms with Gasteiger partial charge in [0, 0.05) is 29.4 Å². The van der Waals surface area contributed by atoms with E-state index in [0.717, 1.165) is 30.8 Å². The van der Waals surface area contributed by atoms with Gasteiger partial charge in [0.05, 0.1) is 23.7 Å². The summed E-state index contributed by atoms with van der Waals surface area (Å²) in [6, 6.07) is 1.52. The summed E-state index contributed by atoms with van der Waals surface area (Å²) in [5.41, 5.74) is 1.31. The van der Waals surface area contributed by atoms with Gasteiger partial charge in [-0.15, -0.1) is 0 Å². The number of aromatic amines is 1. The van der Waals surface area contributed by atoms with Gasteiger partial charge in [-0.3, -0.25) is 4.79 Å². The number of ether oxygens (including phenoxy) is 1. The largest absolute Gasteiger partial charge is 0.466 e. The van der Waals surface area contributed by atoms with Crippen LogP contribution in [0.1, 0.15) is 32.6 Å². The summed E-state index contributed by atoms with van der Waals surface area (Å²) in [7, 11) is 0. The number of H-pyrrole nitrogens is 1. The first kappa shape index (κ1) is 19.6. The van der Waals surface area contributed by atoms with Gasteiger partial charge in [0.25, 0.3) is 0 Å². The number of esters is 1. The molecule has 152 valence electrons. The number of hydrogen-bond acceptors (Lipinski definition) is 6. The minimum atomic E-state index is -0.571. The van der Waals surface area contributed by atoms with Gasteiger partial charge in [0.15, 0.2) is 17.5 Å². The Kier molecular flexibility index (Phi) is 5.62. The van der Waals surface area contributed by atoms with E-state index in [4.69, 9.17) is 16.3 Å². The molecule has 0 spiro atoms. The number of nitrogens with zero attached hydrogens (tertiary/aromatic N) is 3. The second kappa shape index (κ2) is 8.32. The predicted octanol–water partition coefficient (Wildman–Crippen LogP) is 4.35. The van der Waals surface area contributed by atoms with E-state index in [0.29, 0.717) is 35.1 Å². The van der Waals surface area contributed by atoms with Crippen molar-refractivity contribution in [1.29, 1.82) is 0 Å². The summed E-state index contributed by atoms with van der Waals surface area (Å²) < 4.78 is 19.7. The van der Waals surface area contributed by atoms with Crippen LogP contribution in [-0.2, 0) is 9.53 Å². The minimum absolute atomic E-state index is 0.0699. The van der Waals surface area contributed by atoms with Gasteiger partial charge >= 0.3 is 5.97 Å². The van der Waals surface area contributed by atoms with Gasteiger partial charge in [-0.25, -0.2) is 19.3 Å². The van der Waals surface area contributed by atoms with Gasteiger partial charge < -0.3 is 15.0 Å². The molecule has 1 aliphatic rings. The molecule has 1 aliphatic carbocycles. The van der Waals surface area contributed by atoms with Crippen molar-refractivity contribution in [3.63, 3.8) is 0 Å². The van der Waals surface area contributed by atoms with E-state index in [9.17, 15) is 9.18 Å². The summed E-state index contributed by atoms with van der Waals surface area (Å²) in [6.07, 6.45) is 7.75. The molecular formula is C20H21ClFN5O2. The highest BCUT2D eigenvalue weighted by Gasteiger charge is 2.33. The van der Waals surface area contributed by atoms with Crippen molar-refractivity contribution < 1.29 is 13.9 Å². The lowest BCUT2D eigenvalue weighted by molar-refractivity contribution is -0.149. The van der Waals surface area contributed by atoms with E-state index >= 15 is 0 Å². The molecule has 3 aromatic rings. The van der Waals surface area contributed by atoms with Crippen molar-refractivity contribution in [3.8, 4) is 11.4 Å². The van der Waals surface area contributed by atoms with Crippen LogP contribution in [0.25, 0.3) is 22.4 Å². The molecule has 0 saturated heterocycles. The highest BCUT2D eigenvalue weighted by molar-refractivity contribution is 6.31. The van der Waals surface area contributed by atoms with E-state index in [2.05, 4.69) is 25.3 Å². The Hall–Kier alpha value is -2.74. The number of pyridine rings is 1. The number of aromatic nitrogens is 4. The van der Waals surface area contributed by atoms with E-state index in [1.165, 1.54) is 0 Å². The van der Waals surface area contributed by atoms with Crippen LogP contribution in [0.5, 0.6) is 0 Å². The molecule has 0 aromatic carbocycles. The minimum Gasteiger partial charge on any atom is -0.466 e. The zero-order chi connectivity index (χ0) is 20.4. The van der Waals surface area contributed by atoms with Crippen molar-refractivity contribution in [2.45, 2.75) is 38.6 Å². The first-order chi connectivity index (χ1) is 14.1. The standard InChI is InChI=1S/C20H21ClFN5O2/c1-2-29-20(28)12-5-3-4-6-16(12)26-19-15(22)10-25-18(27-19)14-9-24-17-13(14)7-11(21)8-23-17/h7-10,12,16H,2-6H2,1H3,(H,23,24)(H,25,26,27). The molecule has 3 heterocycles. The average Bonchev–Trinajstić information content (AvgIpc) is 3.13. The Morgan fingerprint density at radius 3 is 3.00 bits per heavy atom. The van der Waals surface area contributed by atoms with Gasteiger partial charge in [-0.1, -0.05) is 24.4 Å². The van der Waals surface area contributed by atoms with E-state index in [1.807, 2.05) is 0 Å². The molecule has 0 amide bonds. The second-order valence-electron chi connectivity index (χ2n) is 7.04. The van der Waals surface area contributed by atoms with Crippen molar-refractivity contribution in [3.05, 3.63) is 35.5 Å². The van der Waals surface area contributed by atoms with Crippen LogP contribution in [0.15, 0.2) is 24.7 Å². The summed E-state index contributed by atoms with van der Waals surface area (Å²) in [5.74, 6) is -0.736. The first-order valence-corrected chi connectivity index (χ1v) is 10.0. The van der Waals surface area contributed by atoms with Crippen LogP contribution in [0, 0.1) is 11.7 Å². The maximum absolute atomic E-state index is 14.5. The number of rotatable bonds is 5. The lowest BCUT2D eigenvalue weighted by Gasteiger charge is -2.31. The fourth-order valence-electron chi connectivity index (χ4n) is 3.77. The Morgan fingerprint density at radius 2 is 2.17 bits per heavy atom. The second-order valence-corrected chi connectivity index (χ2v) is 7.47. The fraction of sp³-hybridized carbons (Fsp3) is 0.400. The molecule has 0 aliphatic heterocycles. The number of nitrogens with one attached hydrogen (secondary N) is 2. The number of carbonyl (C=O) groups is 1. The van der Waals surface area contributed by atoms with E-state index < -0.39 is 5.82 Å². The lowest BCUT2D eigenvalue weighted by Crippen LogP contribution is -2.38. The lowest BCUT2D eigenvalue weighted by atomic mass is 9.84. The zero-order valence-corrected chi connectivity index (χ0v) is 16.7. The monoisotopic (exact) mass is 417 g/mol. The van der Waals surface area contributed by atoms with Crippen LogP contribution in [0.2, 0.25) is 5.02 Å². The zero-order valence-electron chi connectivity index (χ0n) is 15.9. The topological polar surface area (TPSA) is 92.8 Å². The summed E-state index contributed by atoms with van der Waals surface area (Å²) >= 11 is 6.06. The molecule has 29 heavy (non-hydrogen) atoms. The molecule has 9 heteroatoms. The van der Waals surface area contributed by atoms with Gasteiger partial charge in [-0.05, 0) is 25.8 Å². The van der Waals surface area contributed by atoms with Crippen molar-refractivity contribution in [1.82, 2.24) is 19.9 Å². The van der Waals surface area contributed by atoms with Crippen LogP contribution in [0.3, 0.4) is 0 Å². The van der Waals surface area contributed by atoms with Crippen molar-refractivity contribution >= 4 is 34.4 Å².